The van der Waals surface area contributed by atoms with E-state index in [1.165, 1.54) is 0 Å². The number of hydrogen-bond acceptors (Lipinski definition) is 20. The minimum Gasteiger partial charge on any atom is -0.414 e. The number of nitrogens with zero attached hydrogens (tertiary/aromatic N) is 12. The molecule has 0 radical (unpaired) electrons. The molecule has 5 fully saturated rings. The van der Waals surface area contributed by atoms with Crippen LogP contribution in [0.1, 0.15) is 73.6 Å². The molecule has 0 amide bonds. The van der Waals surface area contributed by atoms with E-state index in [0.29, 0.717) is 71.7 Å². The molecule has 5 heterocycles. The van der Waals surface area contributed by atoms with E-state index in [4.69, 9.17) is 85.2 Å². The summed E-state index contributed by atoms with van der Waals surface area (Å²) in [6.45, 7) is 24.4. The largest absolute Gasteiger partial charge is 0.414 e. The molecular formula is C44H89N13O15Si2. The van der Waals surface area contributed by atoms with Crippen molar-refractivity contribution in [1.82, 2.24) is 0 Å². The molecule has 5 aliphatic rings. The molecule has 0 bridgehead atoms. The van der Waals surface area contributed by atoms with Gasteiger partial charge in [0.25, 0.3) is 0 Å². The highest BCUT2D eigenvalue weighted by molar-refractivity contribution is 6.74. The second-order valence-electron chi connectivity index (χ2n) is 21.7. The number of nitrogens with two attached hydrogens (primary N) is 1. The minimum absolute atomic E-state index is 0.0680. The maximum absolute atomic E-state index is 9.99. The third kappa shape index (κ3) is 24.6. The van der Waals surface area contributed by atoms with Crippen LogP contribution >= 0.6 is 0 Å². The zero-order valence-corrected chi connectivity index (χ0v) is 47.6. The molecule has 30 heteroatoms. The summed E-state index contributed by atoms with van der Waals surface area (Å²) >= 11 is 0. The highest BCUT2D eigenvalue weighted by Gasteiger charge is 2.41. The lowest BCUT2D eigenvalue weighted by atomic mass is 10.0. The van der Waals surface area contributed by atoms with Crippen LogP contribution in [0.3, 0.4) is 0 Å². The summed E-state index contributed by atoms with van der Waals surface area (Å²) in [6.07, 6.45) is -1.29. The summed E-state index contributed by atoms with van der Waals surface area (Å²) in [7, 11) is -0.395. The van der Waals surface area contributed by atoms with Gasteiger partial charge in [0.15, 0.2) is 16.6 Å². The molecule has 5 rings (SSSR count). The van der Waals surface area contributed by atoms with Gasteiger partial charge >= 0.3 is 0 Å². The van der Waals surface area contributed by atoms with Gasteiger partial charge in [0, 0.05) is 39.9 Å². The molecule has 8 N–H and O–H groups in total. The Morgan fingerprint density at radius 1 is 0.486 bits per heavy atom. The SMILES string of the molecule is CC(C)(C)[Si](C)(C)OC[C@H]1OC[C@H](N=[N+]=[N-])C[C@@H]1O.CO[C@H]1C[C@@H](N=[N+]=[N-])CO[C@@H]1CO.CO[C@H]1C[C@@H](N=[N+]=[N-])CO[C@@H]1CO[Si](C)(C)C(C)(C)C.N[C@H]1CO[C@H](CO)[C@@H](O)C1.[N-]=[N+]=N[C@H]1CO[C@H](CO)[C@@H](O)C1. The maximum atomic E-state index is 9.99. The molecule has 0 saturated carbocycles. The minimum atomic E-state index is -1.82. The van der Waals surface area contributed by atoms with Gasteiger partial charge < -0.3 is 78.4 Å². The molecule has 74 heavy (non-hydrogen) atoms. The maximum Gasteiger partial charge on any atom is 0.192 e. The average Bonchev–Trinajstić information content (AvgIpc) is 3.34. The van der Waals surface area contributed by atoms with Gasteiger partial charge in [0.2, 0.25) is 0 Å². The molecule has 0 aromatic heterocycles. The third-order valence-electron chi connectivity index (χ3n) is 14.1. The van der Waals surface area contributed by atoms with Gasteiger partial charge in [-0.05, 0) is 90.5 Å². The molecule has 15 atom stereocenters. The quantitative estimate of drug-likeness (QED) is 0.0488. The summed E-state index contributed by atoms with van der Waals surface area (Å²) in [6, 6.07) is -0.999. The third-order valence-corrected chi connectivity index (χ3v) is 23.1. The van der Waals surface area contributed by atoms with Crippen molar-refractivity contribution in [3.8, 4) is 0 Å². The summed E-state index contributed by atoms with van der Waals surface area (Å²) < 4.78 is 49.4. The fraction of sp³-hybridized carbons (Fsp3) is 1.00. The Kier molecular flexibility index (Phi) is 32.4. The van der Waals surface area contributed by atoms with Crippen LogP contribution in [0.5, 0.6) is 0 Å². The normalized spacial score (nSPS) is 32.3. The van der Waals surface area contributed by atoms with E-state index in [9.17, 15) is 15.3 Å². The van der Waals surface area contributed by atoms with Crippen LogP contribution in [0.15, 0.2) is 20.5 Å². The molecule has 0 aliphatic carbocycles. The lowest BCUT2D eigenvalue weighted by molar-refractivity contribution is -0.115. The fourth-order valence-corrected chi connectivity index (χ4v) is 9.22. The predicted molar refractivity (Wildman–Crippen MR) is 279 cm³/mol. The van der Waals surface area contributed by atoms with Crippen molar-refractivity contribution in [3.05, 3.63) is 41.8 Å². The first-order chi connectivity index (χ1) is 34.7. The summed E-state index contributed by atoms with van der Waals surface area (Å²) in [5, 5.41) is 69.2. The van der Waals surface area contributed by atoms with Gasteiger partial charge in [-0.25, -0.2) is 0 Å². The number of azide groups is 4. The number of hydrogen-bond donors (Lipinski definition) is 7. The van der Waals surface area contributed by atoms with Gasteiger partial charge in [0.1, 0.15) is 30.5 Å². The smallest absolute Gasteiger partial charge is 0.192 e. The van der Waals surface area contributed by atoms with Crippen LogP contribution in [-0.2, 0) is 42.0 Å². The van der Waals surface area contributed by atoms with E-state index in [0.717, 1.165) is 0 Å². The molecule has 0 unspecified atom stereocenters. The highest BCUT2D eigenvalue weighted by Crippen LogP contribution is 2.38. The van der Waals surface area contributed by atoms with Crippen molar-refractivity contribution < 1.29 is 72.6 Å². The van der Waals surface area contributed by atoms with Crippen molar-refractivity contribution in [2.24, 2.45) is 26.2 Å². The zero-order valence-electron chi connectivity index (χ0n) is 45.6. The molecule has 0 aromatic carbocycles. The van der Waals surface area contributed by atoms with E-state index in [1.54, 1.807) is 14.2 Å². The van der Waals surface area contributed by atoms with Gasteiger partial charge in [-0.1, -0.05) is 62.0 Å². The van der Waals surface area contributed by atoms with E-state index in [-0.39, 0.29) is 97.2 Å². The first-order valence-corrected chi connectivity index (χ1v) is 30.7. The predicted octanol–water partition coefficient (Wildman–Crippen LogP) is 5.05. The zero-order chi connectivity index (χ0) is 56.3. The number of aliphatic hydroxyl groups is 6. The average molecular weight is 1100 g/mol. The Balaban J connectivity index is 0.000000473. The van der Waals surface area contributed by atoms with Crippen molar-refractivity contribution in [3.63, 3.8) is 0 Å². The molecule has 0 spiro atoms. The van der Waals surface area contributed by atoms with Crippen molar-refractivity contribution in [1.29, 1.82) is 0 Å². The van der Waals surface area contributed by atoms with Crippen LogP contribution < -0.4 is 5.73 Å². The van der Waals surface area contributed by atoms with Crippen LogP contribution in [0, 0.1) is 0 Å². The van der Waals surface area contributed by atoms with Crippen molar-refractivity contribution in [2.45, 2.75) is 201 Å². The van der Waals surface area contributed by atoms with E-state index in [1.807, 2.05) is 0 Å². The topological polar surface area (TPSA) is 426 Å². The number of ether oxygens (including phenoxy) is 7. The second kappa shape index (κ2) is 34.7. The lowest BCUT2D eigenvalue weighted by Crippen LogP contribution is -2.48. The number of aliphatic hydroxyl groups excluding tert-OH is 6. The van der Waals surface area contributed by atoms with E-state index in [2.05, 4.69) is 108 Å². The number of rotatable bonds is 15. The van der Waals surface area contributed by atoms with Gasteiger partial charge in [-0.3, -0.25) is 0 Å². The van der Waals surface area contributed by atoms with Crippen LogP contribution in [0.25, 0.3) is 41.8 Å². The molecule has 28 nitrogen and oxygen atoms in total. The van der Waals surface area contributed by atoms with Crippen molar-refractivity contribution >= 4 is 16.6 Å². The number of methoxy groups -OCH3 is 2. The highest BCUT2D eigenvalue weighted by atomic mass is 28.4. The Morgan fingerprint density at radius 3 is 1.11 bits per heavy atom. The van der Waals surface area contributed by atoms with Gasteiger partial charge in [0.05, 0.1) is 121 Å². The van der Waals surface area contributed by atoms with Crippen LogP contribution in [-0.4, -0.2) is 219 Å². The Bertz CT molecular complexity index is 1790. The Hall–Kier alpha value is -2.97. The molecule has 428 valence electrons. The van der Waals surface area contributed by atoms with Crippen molar-refractivity contribution in [2.75, 3.05) is 80.3 Å². The second-order valence-corrected chi connectivity index (χ2v) is 31.3. The van der Waals surface area contributed by atoms with E-state index < -0.39 is 47.2 Å². The summed E-state index contributed by atoms with van der Waals surface area (Å²) in [5.74, 6) is 0. The molecule has 5 aliphatic heterocycles. The summed E-state index contributed by atoms with van der Waals surface area (Å²) in [5.41, 5.74) is 38.6. The first kappa shape index (κ1) is 69.0. The standard InChI is InChI=1S/C13H27N3O3Si.C12H25N3O3Si.C7H13N3O3.C6H11N3O3.C6H13NO3/c1-13(2,3)20(5,6)19-9-12-11(17-4)7-10(8-18-12)15-16-14;1-12(2,3)19(4,5)18-8-11-10(16)6-9(7-17-11)14-15-13;1-12-6-2-5(9-10-8)4-13-7(6)3-11;7-9-8-4-1-5(11)6(2-10)12-3-4;7-4-1-5(9)6(2-8)10-3-4/h10-12H,7-9H2,1-6H3;9-11,16H,6-8H2,1-5H3;5-7,11H,2-4H2,1H3;4-6,10-11H,1-3H2;4-6,8-9H,1-3,7H2/t10-,11+,12-;9-,10+,11-;5-,6+,7-;2*4-,5+,6-/m11111/s1. The molecular weight excluding hydrogens is 1010 g/mol. The van der Waals surface area contributed by atoms with Crippen LogP contribution in [0.2, 0.25) is 36.3 Å². The Labute approximate surface area is 437 Å². The van der Waals surface area contributed by atoms with E-state index >= 15 is 0 Å². The first-order valence-electron chi connectivity index (χ1n) is 24.9. The van der Waals surface area contributed by atoms with Crippen LogP contribution in [0.4, 0.5) is 0 Å². The summed E-state index contributed by atoms with van der Waals surface area (Å²) in [4.78, 5) is 10.9. The monoisotopic (exact) mass is 1100 g/mol. The Morgan fingerprint density at radius 2 is 0.784 bits per heavy atom. The lowest BCUT2D eigenvalue weighted by Gasteiger charge is -2.39. The fourth-order valence-electron chi connectivity index (χ4n) is 7.19. The molecule has 5 saturated heterocycles. The van der Waals surface area contributed by atoms with Gasteiger partial charge in [-0.2, -0.15) is 0 Å². The van der Waals surface area contributed by atoms with Gasteiger partial charge in [-0.15, -0.1) is 0 Å². The molecule has 0 aromatic rings.